The molecule has 1 fully saturated rings. The fourth-order valence-corrected chi connectivity index (χ4v) is 3.05. The van der Waals surface area contributed by atoms with Crippen molar-refractivity contribution in [3.05, 3.63) is 71.8 Å². The van der Waals surface area contributed by atoms with E-state index in [-0.39, 0.29) is 17.9 Å². The van der Waals surface area contributed by atoms with Gasteiger partial charge < -0.3 is 10.6 Å². The Balaban J connectivity index is 1.83. The first-order chi connectivity index (χ1) is 10.8. The molecule has 1 heterocycles. The lowest BCUT2D eigenvalue weighted by atomic mass is 9.90. The SMILES string of the molecule is O=C(NC1CCCNC1)C(c1ccccc1)c1ccccc1. The molecule has 2 aromatic rings. The number of hydrogen-bond acceptors (Lipinski definition) is 2. The molecule has 0 aliphatic carbocycles. The topological polar surface area (TPSA) is 41.1 Å². The fraction of sp³-hybridized carbons (Fsp3) is 0.316. The molecule has 3 rings (SSSR count). The summed E-state index contributed by atoms with van der Waals surface area (Å²) in [6.07, 6.45) is 2.17. The van der Waals surface area contributed by atoms with Gasteiger partial charge in [0.05, 0.1) is 5.92 Å². The van der Waals surface area contributed by atoms with Gasteiger partial charge in [0.1, 0.15) is 0 Å². The van der Waals surface area contributed by atoms with Gasteiger partial charge in [-0.25, -0.2) is 0 Å². The largest absolute Gasteiger partial charge is 0.351 e. The van der Waals surface area contributed by atoms with Crippen LogP contribution in [0.3, 0.4) is 0 Å². The summed E-state index contributed by atoms with van der Waals surface area (Å²) < 4.78 is 0. The number of hydrogen-bond donors (Lipinski definition) is 2. The van der Waals surface area contributed by atoms with Crippen LogP contribution in [0.2, 0.25) is 0 Å². The molecule has 0 bridgehead atoms. The highest BCUT2D eigenvalue weighted by molar-refractivity contribution is 5.87. The van der Waals surface area contributed by atoms with E-state index in [0.717, 1.165) is 37.1 Å². The molecule has 2 aromatic carbocycles. The highest BCUT2D eigenvalue weighted by atomic mass is 16.1. The van der Waals surface area contributed by atoms with E-state index in [0.29, 0.717) is 0 Å². The van der Waals surface area contributed by atoms with Gasteiger partial charge in [0, 0.05) is 12.6 Å². The number of piperidine rings is 1. The summed E-state index contributed by atoms with van der Waals surface area (Å²) in [5.74, 6) is -0.157. The lowest BCUT2D eigenvalue weighted by molar-refractivity contribution is -0.122. The lowest BCUT2D eigenvalue weighted by Crippen LogP contribution is -2.47. The molecule has 3 nitrogen and oxygen atoms in total. The third kappa shape index (κ3) is 3.55. The van der Waals surface area contributed by atoms with Crippen LogP contribution in [0, 0.1) is 0 Å². The van der Waals surface area contributed by atoms with Gasteiger partial charge in [0.15, 0.2) is 0 Å². The van der Waals surface area contributed by atoms with Crippen LogP contribution in [0.25, 0.3) is 0 Å². The Morgan fingerprint density at radius 2 is 1.59 bits per heavy atom. The molecule has 1 aliphatic heterocycles. The van der Waals surface area contributed by atoms with Crippen molar-refractivity contribution in [3.63, 3.8) is 0 Å². The number of nitrogens with one attached hydrogen (secondary N) is 2. The van der Waals surface area contributed by atoms with E-state index in [4.69, 9.17) is 0 Å². The summed E-state index contributed by atoms with van der Waals surface area (Å²) in [4.78, 5) is 12.9. The molecule has 3 heteroatoms. The molecule has 2 N–H and O–H groups in total. The van der Waals surface area contributed by atoms with E-state index in [1.165, 1.54) is 0 Å². The number of benzene rings is 2. The van der Waals surface area contributed by atoms with Crippen molar-refractivity contribution in [1.29, 1.82) is 0 Å². The molecule has 0 radical (unpaired) electrons. The normalized spacial score (nSPS) is 18.1. The Labute approximate surface area is 131 Å². The first kappa shape index (κ1) is 14.8. The smallest absolute Gasteiger partial charge is 0.232 e. The quantitative estimate of drug-likeness (QED) is 0.910. The van der Waals surface area contributed by atoms with E-state index >= 15 is 0 Å². The third-order valence-corrected chi connectivity index (χ3v) is 4.17. The Hall–Kier alpha value is -2.13. The molecule has 114 valence electrons. The molecule has 1 saturated heterocycles. The van der Waals surface area contributed by atoms with Gasteiger partial charge in [0.25, 0.3) is 0 Å². The van der Waals surface area contributed by atoms with Crippen LogP contribution in [-0.2, 0) is 4.79 Å². The molecule has 1 amide bonds. The zero-order chi connectivity index (χ0) is 15.2. The minimum Gasteiger partial charge on any atom is -0.351 e. The van der Waals surface area contributed by atoms with Crippen molar-refractivity contribution in [2.24, 2.45) is 0 Å². The number of carbonyl (C=O) groups is 1. The third-order valence-electron chi connectivity index (χ3n) is 4.17. The monoisotopic (exact) mass is 294 g/mol. The van der Waals surface area contributed by atoms with Gasteiger partial charge in [-0.15, -0.1) is 0 Å². The molecule has 0 aromatic heterocycles. The zero-order valence-corrected chi connectivity index (χ0v) is 12.7. The molecule has 0 spiro atoms. The van der Waals surface area contributed by atoms with Gasteiger partial charge in [-0.3, -0.25) is 4.79 Å². The average molecular weight is 294 g/mol. The predicted octanol–water partition coefficient (Wildman–Crippen LogP) is 2.69. The van der Waals surface area contributed by atoms with Crippen molar-refractivity contribution in [3.8, 4) is 0 Å². The van der Waals surface area contributed by atoms with Crippen molar-refractivity contribution in [2.75, 3.05) is 13.1 Å². The Kier molecular flexibility index (Phi) is 4.86. The molecular weight excluding hydrogens is 272 g/mol. The number of carbonyl (C=O) groups excluding carboxylic acids is 1. The second kappa shape index (κ2) is 7.23. The fourth-order valence-electron chi connectivity index (χ4n) is 3.05. The first-order valence-corrected chi connectivity index (χ1v) is 7.95. The van der Waals surface area contributed by atoms with Crippen molar-refractivity contribution >= 4 is 5.91 Å². The summed E-state index contributed by atoms with van der Waals surface area (Å²) in [7, 11) is 0. The van der Waals surface area contributed by atoms with Gasteiger partial charge in [-0.2, -0.15) is 0 Å². The van der Waals surface area contributed by atoms with Crippen LogP contribution in [0.5, 0.6) is 0 Å². The van der Waals surface area contributed by atoms with Crippen LogP contribution >= 0.6 is 0 Å². The van der Waals surface area contributed by atoms with E-state index in [9.17, 15) is 4.79 Å². The number of rotatable bonds is 4. The van der Waals surface area contributed by atoms with Gasteiger partial charge in [0.2, 0.25) is 5.91 Å². The maximum atomic E-state index is 12.9. The molecular formula is C19H22N2O. The second-order valence-corrected chi connectivity index (χ2v) is 5.81. The van der Waals surface area contributed by atoms with E-state index < -0.39 is 0 Å². The van der Waals surface area contributed by atoms with Crippen molar-refractivity contribution in [2.45, 2.75) is 24.8 Å². The summed E-state index contributed by atoms with van der Waals surface area (Å²) in [6, 6.07) is 20.2. The van der Waals surface area contributed by atoms with E-state index in [1.807, 2.05) is 60.7 Å². The maximum absolute atomic E-state index is 12.9. The van der Waals surface area contributed by atoms with Gasteiger partial charge in [-0.1, -0.05) is 60.7 Å². The van der Waals surface area contributed by atoms with Crippen molar-refractivity contribution < 1.29 is 4.79 Å². The Bertz CT molecular complexity index is 552. The minimum atomic E-state index is -0.246. The molecule has 1 unspecified atom stereocenters. The lowest BCUT2D eigenvalue weighted by Gasteiger charge is -2.26. The van der Waals surface area contributed by atoms with Crippen LogP contribution in [0.4, 0.5) is 0 Å². The summed E-state index contributed by atoms with van der Waals surface area (Å²) in [6.45, 7) is 1.91. The molecule has 22 heavy (non-hydrogen) atoms. The summed E-state index contributed by atoms with van der Waals surface area (Å²) >= 11 is 0. The first-order valence-electron chi connectivity index (χ1n) is 7.95. The van der Waals surface area contributed by atoms with Gasteiger partial charge >= 0.3 is 0 Å². The van der Waals surface area contributed by atoms with Crippen molar-refractivity contribution in [1.82, 2.24) is 10.6 Å². The molecule has 1 atom stereocenters. The highest BCUT2D eigenvalue weighted by Crippen LogP contribution is 2.25. The molecule has 1 aliphatic rings. The van der Waals surface area contributed by atoms with Gasteiger partial charge in [-0.05, 0) is 30.5 Å². The summed E-state index contributed by atoms with van der Waals surface area (Å²) in [5, 5.41) is 6.56. The average Bonchev–Trinajstić information content (AvgIpc) is 2.58. The number of amides is 1. The van der Waals surface area contributed by atoms with Crippen LogP contribution in [-0.4, -0.2) is 25.0 Å². The predicted molar refractivity (Wildman–Crippen MR) is 88.8 cm³/mol. The second-order valence-electron chi connectivity index (χ2n) is 5.81. The highest BCUT2D eigenvalue weighted by Gasteiger charge is 2.25. The molecule has 0 saturated carbocycles. The maximum Gasteiger partial charge on any atom is 0.232 e. The Morgan fingerprint density at radius 3 is 2.09 bits per heavy atom. The minimum absolute atomic E-state index is 0.0890. The Morgan fingerprint density at radius 1 is 1.00 bits per heavy atom. The standard InChI is InChI=1S/C19H22N2O/c22-19(21-17-12-7-13-20-14-17)18(15-8-3-1-4-9-15)16-10-5-2-6-11-16/h1-6,8-11,17-18,20H,7,12-14H2,(H,21,22). The summed E-state index contributed by atoms with van der Waals surface area (Å²) in [5.41, 5.74) is 2.07. The van der Waals surface area contributed by atoms with E-state index in [1.54, 1.807) is 0 Å². The van der Waals surface area contributed by atoms with Crippen LogP contribution < -0.4 is 10.6 Å². The van der Waals surface area contributed by atoms with Crippen LogP contribution in [0.1, 0.15) is 29.9 Å². The van der Waals surface area contributed by atoms with E-state index in [2.05, 4.69) is 10.6 Å². The zero-order valence-electron chi connectivity index (χ0n) is 12.7. The van der Waals surface area contributed by atoms with Crippen LogP contribution in [0.15, 0.2) is 60.7 Å².